The van der Waals surface area contributed by atoms with Gasteiger partial charge in [0.2, 0.25) is 0 Å². The number of carboxylic acid groups (broad SMARTS) is 1. The van der Waals surface area contributed by atoms with E-state index in [1.165, 1.54) is 24.4 Å². The molecule has 2 rings (SSSR count). The molecular weight excluding hydrogens is 247 g/mol. The van der Waals surface area contributed by atoms with Crippen molar-refractivity contribution in [1.29, 1.82) is 0 Å². The zero-order chi connectivity index (χ0) is 13.3. The average Bonchev–Trinajstić information content (AvgIpc) is 2.25. The highest BCUT2D eigenvalue weighted by molar-refractivity contribution is 5.86. The number of alkyl halides is 3. The zero-order valence-electron chi connectivity index (χ0n) is 9.03. The molecule has 0 bridgehead atoms. The van der Waals surface area contributed by atoms with Gasteiger partial charge in [-0.3, -0.25) is 9.78 Å². The molecule has 0 unspecified atom stereocenters. The number of carbonyl (C=O) groups is 1. The highest BCUT2D eigenvalue weighted by Gasteiger charge is 2.32. The number of hydrogen-bond acceptors (Lipinski definition) is 2. The van der Waals surface area contributed by atoms with Crippen molar-refractivity contribution in [3.63, 3.8) is 0 Å². The first-order valence-corrected chi connectivity index (χ1v) is 5.03. The summed E-state index contributed by atoms with van der Waals surface area (Å²) in [5.74, 6) is -1.03. The Morgan fingerprint density at radius 1 is 1.28 bits per heavy atom. The van der Waals surface area contributed by atoms with Crippen LogP contribution < -0.4 is 0 Å². The molecule has 0 radical (unpaired) electrons. The van der Waals surface area contributed by atoms with Crippen LogP contribution in [-0.2, 0) is 17.4 Å². The number of halogens is 3. The summed E-state index contributed by atoms with van der Waals surface area (Å²) in [6.45, 7) is 0. The third-order valence-electron chi connectivity index (χ3n) is 2.48. The second-order valence-corrected chi connectivity index (χ2v) is 3.81. The van der Waals surface area contributed by atoms with Crippen LogP contribution in [0.3, 0.4) is 0 Å². The van der Waals surface area contributed by atoms with Gasteiger partial charge in [0.25, 0.3) is 0 Å². The summed E-state index contributed by atoms with van der Waals surface area (Å²) >= 11 is 0. The number of benzene rings is 1. The van der Waals surface area contributed by atoms with E-state index >= 15 is 0 Å². The monoisotopic (exact) mass is 255 g/mol. The first-order valence-electron chi connectivity index (χ1n) is 5.03. The molecule has 6 heteroatoms. The lowest BCUT2D eigenvalue weighted by atomic mass is 10.0. The Balaban J connectivity index is 2.57. The second kappa shape index (κ2) is 4.29. The van der Waals surface area contributed by atoms with E-state index in [0.717, 1.165) is 6.20 Å². The van der Waals surface area contributed by atoms with Gasteiger partial charge in [-0.15, -0.1) is 0 Å². The fourth-order valence-corrected chi connectivity index (χ4v) is 1.74. The number of aliphatic carboxylic acids is 1. The van der Waals surface area contributed by atoms with E-state index in [2.05, 4.69) is 4.98 Å². The van der Waals surface area contributed by atoms with Gasteiger partial charge in [0, 0.05) is 17.8 Å². The van der Waals surface area contributed by atoms with Gasteiger partial charge >= 0.3 is 12.1 Å². The van der Waals surface area contributed by atoms with Crippen molar-refractivity contribution < 1.29 is 23.1 Å². The van der Waals surface area contributed by atoms with Gasteiger partial charge in [-0.05, 0) is 17.0 Å². The molecular formula is C12H8F3NO2. The van der Waals surface area contributed by atoms with Crippen molar-refractivity contribution in [2.75, 3.05) is 0 Å². The molecule has 94 valence electrons. The van der Waals surface area contributed by atoms with Crippen LogP contribution >= 0.6 is 0 Å². The Kier molecular flexibility index (Phi) is 2.94. The number of rotatable bonds is 2. The molecule has 0 atom stereocenters. The molecule has 1 aromatic heterocycles. The molecule has 0 spiro atoms. The minimum Gasteiger partial charge on any atom is -0.481 e. The highest BCUT2D eigenvalue weighted by atomic mass is 19.4. The van der Waals surface area contributed by atoms with Gasteiger partial charge < -0.3 is 5.11 Å². The largest absolute Gasteiger partial charge is 0.481 e. The fourth-order valence-electron chi connectivity index (χ4n) is 1.74. The van der Waals surface area contributed by atoms with Crippen LogP contribution in [0.2, 0.25) is 0 Å². The average molecular weight is 255 g/mol. The summed E-state index contributed by atoms with van der Waals surface area (Å²) in [5, 5.41) is 8.93. The van der Waals surface area contributed by atoms with Crippen molar-refractivity contribution in [2.24, 2.45) is 0 Å². The second-order valence-electron chi connectivity index (χ2n) is 3.81. The third kappa shape index (κ3) is 2.42. The lowest BCUT2D eigenvalue weighted by molar-refractivity contribution is -0.137. The van der Waals surface area contributed by atoms with E-state index < -0.39 is 17.7 Å². The summed E-state index contributed by atoms with van der Waals surface area (Å²) in [4.78, 5) is 14.1. The molecule has 3 nitrogen and oxygen atoms in total. The smallest absolute Gasteiger partial charge is 0.418 e. The molecule has 0 aliphatic heterocycles. The SMILES string of the molecule is O=C(O)Cc1ccc2c(C(F)(F)F)cncc2c1. The van der Waals surface area contributed by atoms with Crippen LogP contribution in [0.5, 0.6) is 0 Å². The quantitative estimate of drug-likeness (QED) is 0.897. The van der Waals surface area contributed by atoms with Gasteiger partial charge in [-0.2, -0.15) is 13.2 Å². The highest BCUT2D eigenvalue weighted by Crippen LogP contribution is 2.34. The van der Waals surface area contributed by atoms with Crippen LogP contribution in [0.1, 0.15) is 11.1 Å². The molecule has 1 heterocycles. The molecule has 0 aliphatic carbocycles. The molecule has 1 N–H and O–H groups in total. The lowest BCUT2D eigenvalue weighted by Crippen LogP contribution is -2.06. The summed E-state index contributed by atoms with van der Waals surface area (Å²) in [6, 6.07) is 4.06. The number of carboxylic acids is 1. The fraction of sp³-hybridized carbons (Fsp3) is 0.167. The zero-order valence-corrected chi connectivity index (χ0v) is 9.03. The molecule has 0 fully saturated rings. The summed E-state index contributed by atoms with van der Waals surface area (Å²) < 4.78 is 38.1. The Morgan fingerprint density at radius 2 is 2.00 bits per heavy atom. The van der Waals surface area contributed by atoms with E-state index in [-0.39, 0.29) is 17.2 Å². The van der Waals surface area contributed by atoms with E-state index in [1.807, 2.05) is 0 Å². The van der Waals surface area contributed by atoms with Gasteiger partial charge in [0.05, 0.1) is 12.0 Å². The van der Waals surface area contributed by atoms with Gasteiger partial charge in [0.1, 0.15) is 0 Å². The van der Waals surface area contributed by atoms with Gasteiger partial charge in [-0.1, -0.05) is 12.1 Å². The molecule has 0 saturated heterocycles. The molecule has 0 saturated carbocycles. The maximum atomic E-state index is 12.7. The molecule has 1 aromatic carbocycles. The van der Waals surface area contributed by atoms with Gasteiger partial charge in [-0.25, -0.2) is 0 Å². The van der Waals surface area contributed by atoms with Gasteiger partial charge in [0.15, 0.2) is 0 Å². The van der Waals surface area contributed by atoms with E-state index in [0.29, 0.717) is 5.56 Å². The predicted molar refractivity (Wildman–Crippen MR) is 58.1 cm³/mol. The maximum Gasteiger partial charge on any atom is 0.418 e. The number of fused-ring (bicyclic) bond motifs is 1. The maximum absolute atomic E-state index is 12.7. The Hall–Kier alpha value is -2.11. The molecule has 0 aliphatic rings. The number of pyridine rings is 1. The topological polar surface area (TPSA) is 50.2 Å². The van der Waals surface area contributed by atoms with Crippen LogP contribution in [0.15, 0.2) is 30.6 Å². The van der Waals surface area contributed by atoms with Crippen LogP contribution in [-0.4, -0.2) is 16.1 Å². The summed E-state index contributed by atoms with van der Waals surface area (Å²) in [5.41, 5.74) is -0.377. The standard InChI is InChI=1S/C12H8F3NO2/c13-12(14,15)10-6-16-5-8-3-7(4-11(17)18)1-2-9(8)10/h1-3,5-6H,4H2,(H,17,18). The predicted octanol–water partition coefficient (Wildman–Crippen LogP) is 2.88. The van der Waals surface area contributed by atoms with Crippen molar-refractivity contribution in [2.45, 2.75) is 12.6 Å². The van der Waals surface area contributed by atoms with Crippen molar-refractivity contribution in [3.8, 4) is 0 Å². The summed E-state index contributed by atoms with van der Waals surface area (Å²) in [7, 11) is 0. The van der Waals surface area contributed by atoms with Crippen molar-refractivity contribution in [1.82, 2.24) is 4.98 Å². The lowest BCUT2D eigenvalue weighted by Gasteiger charge is -2.10. The normalized spacial score (nSPS) is 11.7. The first kappa shape index (κ1) is 12.3. The number of aromatic nitrogens is 1. The summed E-state index contributed by atoms with van der Waals surface area (Å²) in [6.07, 6.45) is -2.65. The third-order valence-corrected chi connectivity index (χ3v) is 2.48. The molecule has 18 heavy (non-hydrogen) atoms. The van der Waals surface area contributed by atoms with Crippen LogP contribution in [0.25, 0.3) is 10.8 Å². The van der Waals surface area contributed by atoms with E-state index in [4.69, 9.17) is 5.11 Å². The minimum atomic E-state index is -4.47. The Labute approximate surface area is 99.9 Å². The Morgan fingerprint density at radius 3 is 2.61 bits per heavy atom. The Bertz CT molecular complexity index is 608. The van der Waals surface area contributed by atoms with E-state index in [9.17, 15) is 18.0 Å². The molecule has 2 aromatic rings. The first-order chi connectivity index (χ1) is 8.38. The van der Waals surface area contributed by atoms with Crippen LogP contribution in [0, 0.1) is 0 Å². The van der Waals surface area contributed by atoms with Crippen LogP contribution in [0.4, 0.5) is 13.2 Å². The molecule has 0 amide bonds. The number of hydrogen-bond donors (Lipinski definition) is 1. The minimum absolute atomic E-state index is 0.0200. The van der Waals surface area contributed by atoms with E-state index in [1.54, 1.807) is 0 Å². The number of nitrogens with zero attached hydrogens (tertiary/aromatic N) is 1. The van der Waals surface area contributed by atoms with Crippen molar-refractivity contribution in [3.05, 3.63) is 41.7 Å². The van der Waals surface area contributed by atoms with Crippen molar-refractivity contribution >= 4 is 16.7 Å².